The van der Waals surface area contributed by atoms with E-state index in [9.17, 15) is 4.39 Å². The number of nitrogens with one attached hydrogen (secondary N) is 1. The van der Waals surface area contributed by atoms with Crippen LogP contribution in [0.25, 0.3) is 0 Å². The fourth-order valence-electron chi connectivity index (χ4n) is 2.24. The van der Waals surface area contributed by atoms with E-state index >= 15 is 0 Å². The number of aromatic nitrogens is 1. The normalized spacial score (nSPS) is 25.5. The summed E-state index contributed by atoms with van der Waals surface area (Å²) in [6.45, 7) is 3.26. The van der Waals surface area contributed by atoms with Crippen molar-refractivity contribution < 1.29 is 4.39 Å². The Balaban J connectivity index is 1.80. The third-order valence-electron chi connectivity index (χ3n) is 3.10. The van der Waals surface area contributed by atoms with Crippen LogP contribution in [0.1, 0.15) is 26.2 Å². The summed E-state index contributed by atoms with van der Waals surface area (Å²) in [4.78, 5) is 3.97. The molecular weight excluding hydrogens is 191 g/mol. The van der Waals surface area contributed by atoms with Gasteiger partial charge in [0.05, 0.1) is 6.20 Å². The average Bonchev–Trinajstić information content (AvgIpc) is 2.64. The van der Waals surface area contributed by atoms with Gasteiger partial charge >= 0.3 is 0 Å². The fourth-order valence-corrected chi connectivity index (χ4v) is 2.24. The van der Waals surface area contributed by atoms with E-state index in [1.807, 2.05) is 0 Å². The number of nitrogens with zero attached hydrogens (tertiary/aromatic N) is 1. The molecule has 2 nitrogen and oxygen atoms in total. The highest BCUT2D eigenvalue weighted by molar-refractivity contribution is 5.33. The molecule has 1 aliphatic carbocycles. The van der Waals surface area contributed by atoms with Crippen molar-refractivity contribution in [2.45, 2.75) is 26.2 Å². The molecule has 1 saturated carbocycles. The molecule has 0 aliphatic heterocycles. The van der Waals surface area contributed by atoms with Crippen LogP contribution in [-0.2, 0) is 0 Å². The quantitative estimate of drug-likeness (QED) is 0.825. The second kappa shape index (κ2) is 4.60. The van der Waals surface area contributed by atoms with Crippen molar-refractivity contribution in [2.75, 3.05) is 11.9 Å². The van der Waals surface area contributed by atoms with E-state index in [0.29, 0.717) is 0 Å². The minimum Gasteiger partial charge on any atom is -0.370 e. The largest absolute Gasteiger partial charge is 0.370 e. The van der Waals surface area contributed by atoms with Gasteiger partial charge in [0.25, 0.3) is 0 Å². The van der Waals surface area contributed by atoms with Gasteiger partial charge in [0, 0.05) is 6.54 Å². The molecule has 15 heavy (non-hydrogen) atoms. The lowest BCUT2D eigenvalue weighted by Crippen LogP contribution is -2.12. The molecule has 0 aromatic carbocycles. The zero-order valence-electron chi connectivity index (χ0n) is 9.04. The average molecular weight is 208 g/mol. The number of hydrogen-bond donors (Lipinski definition) is 1. The fraction of sp³-hybridized carbons (Fsp3) is 0.583. The van der Waals surface area contributed by atoms with Gasteiger partial charge in [0.2, 0.25) is 0 Å². The SMILES string of the molecule is CC1CCC(CNc2ccc(F)cn2)C1. The number of rotatable bonds is 3. The first-order valence-corrected chi connectivity index (χ1v) is 5.59. The molecule has 2 atom stereocenters. The van der Waals surface area contributed by atoms with Crippen LogP contribution in [0.5, 0.6) is 0 Å². The highest BCUT2D eigenvalue weighted by Gasteiger charge is 2.20. The molecular formula is C12H17FN2. The summed E-state index contributed by atoms with van der Waals surface area (Å²) in [7, 11) is 0. The standard InChI is InChI=1S/C12H17FN2/c1-9-2-3-10(6-9)7-14-12-5-4-11(13)8-15-12/h4-5,8-10H,2-3,6-7H2,1H3,(H,14,15). The number of hydrogen-bond acceptors (Lipinski definition) is 2. The van der Waals surface area contributed by atoms with Crippen molar-refractivity contribution in [3.8, 4) is 0 Å². The molecule has 2 unspecified atom stereocenters. The predicted octanol–water partition coefficient (Wildman–Crippen LogP) is 3.07. The highest BCUT2D eigenvalue weighted by Crippen LogP contribution is 2.30. The lowest BCUT2D eigenvalue weighted by molar-refractivity contribution is 0.536. The maximum atomic E-state index is 12.6. The van der Waals surface area contributed by atoms with Gasteiger partial charge in [-0.2, -0.15) is 0 Å². The van der Waals surface area contributed by atoms with Crippen LogP contribution in [0.4, 0.5) is 10.2 Å². The van der Waals surface area contributed by atoms with E-state index in [1.165, 1.54) is 31.5 Å². The molecule has 1 N–H and O–H groups in total. The number of pyridine rings is 1. The molecule has 0 saturated heterocycles. The van der Waals surface area contributed by atoms with Gasteiger partial charge < -0.3 is 5.32 Å². The topological polar surface area (TPSA) is 24.9 Å². The molecule has 1 aromatic rings. The second-order valence-electron chi connectivity index (χ2n) is 4.53. The van der Waals surface area contributed by atoms with E-state index in [4.69, 9.17) is 0 Å². The molecule has 0 radical (unpaired) electrons. The molecule has 3 heteroatoms. The van der Waals surface area contributed by atoms with Crippen molar-refractivity contribution in [1.29, 1.82) is 0 Å². The molecule has 0 amide bonds. The number of halogens is 1. The Morgan fingerprint density at radius 3 is 2.93 bits per heavy atom. The predicted molar refractivity (Wildman–Crippen MR) is 59.2 cm³/mol. The second-order valence-corrected chi connectivity index (χ2v) is 4.53. The molecule has 2 rings (SSSR count). The molecule has 1 aliphatic rings. The van der Waals surface area contributed by atoms with Gasteiger partial charge in [0.1, 0.15) is 11.6 Å². The molecule has 0 spiro atoms. The zero-order valence-corrected chi connectivity index (χ0v) is 9.04. The monoisotopic (exact) mass is 208 g/mol. The smallest absolute Gasteiger partial charge is 0.141 e. The van der Waals surface area contributed by atoms with E-state index in [-0.39, 0.29) is 5.82 Å². The summed E-state index contributed by atoms with van der Waals surface area (Å²) < 4.78 is 12.6. The Morgan fingerprint density at radius 2 is 2.33 bits per heavy atom. The maximum absolute atomic E-state index is 12.6. The summed E-state index contributed by atoms with van der Waals surface area (Å²) in [6.07, 6.45) is 5.19. The van der Waals surface area contributed by atoms with Crippen molar-refractivity contribution in [1.82, 2.24) is 4.98 Å². The first-order valence-electron chi connectivity index (χ1n) is 5.59. The van der Waals surface area contributed by atoms with Crippen LogP contribution in [0.15, 0.2) is 18.3 Å². The van der Waals surface area contributed by atoms with Crippen molar-refractivity contribution in [2.24, 2.45) is 11.8 Å². The third kappa shape index (κ3) is 2.91. The Bertz CT molecular complexity index is 310. The maximum Gasteiger partial charge on any atom is 0.141 e. The van der Waals surface area contributed by atoms with Crippen LogP contribution in [-0.4, -0.2) is 11.5 Å². The van der Waals surface area contributed by atoms with Gasteiger partial charge in [-0.25, -0.2) is 9.37 Å². The molecule has 1 heterocycles. The van der Waals surface area contributed by atoms with E-state index < -0.39 is 0 Å². The zero-order chi connectivity index (χ0) is 10.7. The Kier molecular flexibility index (Phi) is 3.19. The summed E-state index contributed by atoms with van der Waals surface area (Å²) in [5, 5.41) is 3.26. The van der Waals surface area contributed by atoms with Crippen molar-refractivity contribution in [3.63, 3.8) is 0 Å². The summed E-state index contributed by atoms with van der Waals surface area (Å²) in [5.74, 6) is 2.11. The van der Waals surface area contributed by atoms with Gasteiger partial charge in [-0.1, -0.05) is 13.3 Å². The van der Waals surface area contributed by atoms with Crippen LogP contribution in [0.2, 0.25) is 0 Å². The van der Waals surface area contributed by atoms with Crippen LogP contribution in [0.3, 0.4) is 0 Å². The van der Waals surface area contributed by atoms with E-state index in [0.717, 1.165) is 24.2 Å². The van der Waals surface area contributed by atoms with Gasteiger partial charge in [-0.3, -0.25) is 0 Å². The van der Waals surface area contributed by atoms with Crippen LogP contribution in [0, 0.1) is 17.7 Å². The Hall–Kier alpha value is -1.12. The Labute approximate surface area is 89.9 Å². The molecule has 0 bridgehead atoms. The highest BCUT2D eigenvalue weighted by atomic mass is 19.1. The van der Waals surface area contributed by atoms with Gasteiger partial charge in [0.15, 0.2) is 0 Å². The molecule has 1 fully saturated rings. The number of anilines is 1. The minimum absolute atomic E-state index is 0.282. The van der Waals surface area contributed by atoms with Crippen molar-refractivity contribution in [3.05, 3.63) is 24.1 Å². The summed E-state index contributed by atoms with van der Waals surface area (Å²) >= 11 is 0. The van der Waals surface area contributed by atoms with Crippen LogP contribution >= 0.6 is 0 Å². The first kappa shape index (κ1) is 10.4. The van der Waals surface area contributed by atoms with Gasteiger partial charge in [-0.15, -0.1) is 0 Å². The van der Waals surface area contributed by atoms with E-state index in [1.54, 1.807) is 6.07 Å². The molecule has 1 aromatic heterocycles. The summed E-state index contributed by atoms with van der Waals surface area (Å²) in [5.41, 5.74) is 0. The molecule has 82 valence electrons. The van der Waals surface area contributed by atoms with E-state index in [2.05, 4.69) is 17.2 Å². The van der Waals surface area contributed by atoms with Gasteiger partial charge in [-0.05, 0) is 36.8 Å². The minimum atomic E-state index is -0.282. The lowest BCUT2D eigenvalue weighted by Gasteiger charge is -2.11. The van der Waals surface area contributed by atoms with Crippen LogP contribution < -0.4 is 5.32 Å². The Morgan fingerprint density at radius 1 is 1.47 bits per heavy atom. The van der Waals surface area contributed by atoms with Crippen molar-refractivity contribution >= 4 is 5.82 Å². The first-order chi connectivity index (χ1) is 7.24. The summed E-state index contributed by atoms with van der Waals surface area (Å²) in [6, 6.07) is 3.13. The lowest BCUT2D eigenvalue weighted by atomic mass is 10.1. The third-order valence-corrected chi connectivity index (χ3v) is 3.10.